The van der Waals surface area contributed by atoms with Crippen LogP contribution in [0.25, 0.3) is 0 Å². The van der Waals surface area contributed by atoms with Gasteiger partial charge >= 0.3 is 5.97 Å². The van der Waals surface area contributed by atoms with Gasteiger partial charge in [0.05, 0.1) is 5.56 Å². The number of nitrogens with two attached hydrogens (primary N) is 1. The van der Waals surface area contributed by atoms with Crippen LogP contribution >= 0.6 is 0 Å². The van der Waals surface area contributed by atoms with Crippen LogP contribution in [0.5, 0.6) is 0 Å². The standard InChI is InChI=1S/C13H17NO8/c14-6-3-1-5(2-4-6)12(20)22-13(21)10(18)8(16)7(15)9(17)11(13)19/h1-4,7-11,15-19,21H,14H2/t7-,8-,9+,10-,11-,13-/m1/s1. The van der Waals surface area contributed by atoms with Crippen LogP contribution in [0.2, 0.25) is 0 Å². The quantitative estimate of drug-likeness (QED) is 0.170. The molecule has 0 unspecified atom stereocenters. The average molecular weight is 315 g/mol. The minimum atomic E-state index is -2.99. The molecule has 0 bridgehead atoms. The van der Waals surface area contributed by atoms with E-state index in [1.54, 1.807) is 0 Å². The summed E-state index contributed by atoms with van der Waals surface area (Å²) < 4.78 is 4.66. The first-order valence-corrected chi connectivity index (χ1v) is 6.40. The molecule has 9 heteroatoms. The van der Waals surface area contributed by atoms with Crippen molar-refractivity contribution >= 4 is 11.7 Å². The van der Waals surface area contributed by atoms with Crippen LogP contribution in [-0.4, -0.2) is 72.9 Å². The molecule has 1 fully saturated rings. The number of aliphatic hydroxyl groups excluding tert-OH is 5. The van der Waals surface area contributed by atoms with Crippen molar-refractivity contribution < 1.29 is 40.2 Å². The Hall–Kier alpha value is -1.75. The second-order valence-electron chi connectivity index (χ2n) is 5.12. The third-order valence-electron chi connectivity index (χ3n) is 3.60. The number of rotatable bonds is 2. The van der Waals surface area contributed by atoms with E-state index in [-0.39, 0.29) is 5.56 Å². The summed E-state index contributed by atoms with van der Waals surface area (Å²) in [6.45, 7) is 0. The van der Waals surface area contributed by atoms with Gasteiger partial charge in [0.15, 0.2) is 12.2 Å². The van der Waals surface area contributed by atoms with E-state index in [9.17, 15) is 35.4 Å². The largest absolute Gasteiger partial charge is 0.424 e. The van der Waals surface area contributed by atoms with E-state index in [2.05, 4.69) is 4.74 Å². The molecule has 122 valence electrons. The van der Waals surface area contributed by atoms with Gasteiger partial charge in [-0.15, -0.1) is 0 Å². The summed E-state index contributed by atoms with van der Waals surface area (Å²) in [6, 6.07) is 5.35. The maximum absolute atomic E-state index is 11.9. The molecule has 0 aliphatic heterocycles. The summed E-state index contributed by atoms with van der Waals surface area (Å²) in [6.07, 6.45) is -10.4. The second-order valence-corrected chi connectivity index (χ2v) is 5.12. The molecular formula is C13H17NO8. The first-order valence-electron chi connectivity index (χ1n) is 6.40. The van der Waals surface area contributed by atoms with Gasteiger partial charge in [0.2, 0.25) is 0 Å². The molecule has 9 nitrogen and oxygen atoms in total. The fraction of sp³-hybridized carbons (Fsp3) is 0.462. The van der Waals surface area contributed by atoms with E-state index in [0.29, 0.717) is 5.69 Å². The maximum Gasteiger partial charge on any atom is 0.340 e. The van der Waals surface area contributed by atoms with Gasteiger partial charge in [-0.05, 0) is 24.3 Å². The lowest BCUT2D eigenvalue weighted by atomic mass is 9.82. The molecule has 0 heterocycles. The van der Waals surface area contributed by atoms with Gasteiger partial charge in [0, 0.05) is 5.69 Å². The van der Waals surface area contributed by atoms with Gasteiger partial charge in [0.25, 0.3) is 5.79 Å². The van der Waals surface area contributed by atoms with E-state index in [4.69, 9.17) is 5.73 Å². The molecule has 0 aromatic heterocycles. The van der Waals surface area contributed by atoms with Crippen molar-refractivity contribution in [3.05, 3.63) is 29.8 Å². The van der Waals surface area contributed by atoms with Crippen LogP contribution in [0.3, 0.4) is 0 Å². The van der Waals surface area contributed by atoms with Gasteiger partial charge in [-0.1, -0.05) is 0 Å². The number of anilines is 1. The molecular weight excluding hydrogens is 298 g/mol. The third kappa shape index (κ3) is 2.65. The lowest BCUT2D eigenvalue weighted by Gasteiger charge is -2.46. The van der Waals surface area contributed by atoms with Crippen LogP contribution in [0, 0.1) is 0 Å². The number of hydrogen-bond donors (Lipinski definition) is 7. The summed E-state index contributed by atoms with van der Waals surface area (Å²) in [7, 11) is 0. The van der Waals surface area contributed by atoms with Crippen molar-refractivity contribution in [2.24, 2.45) is 0 Å². The summed E-state index contributed by atoms with van der Waals surface area (Å²) in [5, 5.41) is 58.2. The zero-order valence-corrected chi connectivity index (χ0v) is 11.3. The minimum absolute atomic E-state index is 0.0443. The monoisotopic (exact) mass is 315 g/mol. The smallest absolute Gasteiger partial charge is 0.340 e. The van der Waals surface area contributed by atoms with Crippen LogP contribution in [-0.2, 0) is 4.74 Å². The number of benzene rings is 1. The van der Waals surface area contributed by atoms with Crippen LogP contribution in [0.1, 0.15) is 10.4 Å². The van der Waals surface area contributed by atoms with E-state index < -0.39 is 42.3 Å². The Kier molecular flexibility index (Phi) is 4.38. The summed E-state index contributed by atoms with van der Waals surface area (Å²) in [5.74, 6) is -4.12. The zero-order chi connectivity index (χ0) is 16.7. The Morgan fingerprint density at radius 3 is 1.86 bits per heavy atom. The highest BCUT2D eigenvalue weighted by molar-refractivity contribution is 5.90. The Bertz CT molecular complexity index is 531. The number of carbonyl (C=O) groups excluding carboxylic acids is 1. The third-order valence-corrected chi connectivity index (χ3v) is 3.60. The molecule has 6 atom stereocenters. The van der Waals surface area contributed by atoms with Crippen LogP contribution < -0.4 is 5.73 Å². The average Bonchev–Trinajstić information content (AvgIpc) is 2.50. The second kappa shape index (κ2) is 5.80. The number of esters is 1. The number of nitrogen functional groups attached to an aromatic ring is 1. The van der Waals surface area contributed by atoms with E-state index >= 15 is 0 Å². The molecule has 1 aromatic rings. The van der Waals surface area contributed by atoms with Gasteiger partial charge < -0.3 is 41.1 Å². The van der Waals surface area contributed by atoms with Crippen molar-refractivity contribution in [1.29, 1.82) is 0 Å². The molecule has 22 heavy (non-hydrogen) atoms. The van der Waals surface area contributed by atoms with Crippen LogP contribution in [0.4, 0.5) is 5.69 Å². The fourth-order valence-corrected chi connectivity index (χ4v) is 2.19. The Balaban J connectivity index is 2.25. The Morgan fingerprint density at radius 2 is 1.41 bits per heavy atom. The Morgan fingerprint density at radius 1 is 0.955 bits per heavy atom. The van der Waals surface area contributed by atoms with E-state index in [0.717, 1.165) is 0 Å². The molecule has 0 radical (unpaired) electrons. The first kappa shape index (κ1) is 16.6. The summed E-state index contributed by atoms with van der Waals surface area (Å²) in [5.41, 5.74) is 5.79. The number of ether oxygens (including phenoxy) is 1. The molecule has 1 aliphatic rings. The van der Waals surface area contributed by atoms with E-state index in [1.807, 2.05) is 0 Å². The highest BCUT2D eigenvalue weighted by atomic mass is 16.7. The summed E-state index contributed by atoms with van der Waals surface area (Å²) in [4.78, 5) is 11.9. The highest BCUT2D eigenvalue weighted by Gasteiger charge is 2.60. The molecule has 0 amide bonds. The van der Waals surface area contributed by atoms with Gasteiger partial charge in [-0.3, -0.25) is 0 Å². The number of carbonyl (C=O) groups is 1. The maximum atomic E-state index is 11.9. The summed E-state index contributed by atoms with van der Waals surface area (Å²) >= 11 is 0. The first-order chi connectivity index (χ1) is 10.2. The van der Waals surface area contributed by atoms with Crippen LogP contribution in [0.15, 0.2) is 24.3 Å². The number of hydrogen-bond acceptors (Lipinski definition) is 9. The van der Waals surface area contributed by atoms with Gasteiger partial charge in [-0.25, -0.2) is 4.79 Å². The highest BCUT2D eigenvalue weighted by Crippen LogP contribution is 2.32. The van der Waals surface area contributed by atoms with Gasteiger partial charge in [0.1, 0.15) is 18.3 Å². The normalized spacial score (nSPS) is 38.5. The predicted octanol–water partition coefficient (Wildman–Crippen LogP) is -3.07. The lowest BCUT2D eigenvalue weighted by Crippen LogP contribution is -2.72. The van der Waals surface area contributed by atoms with Crippen molar-refractivity contribution in [2.45, 2.75) is 36.3 Å². The lowest BCUT2D eigenvalue weighted by molar-refractivity contribution is -0.341. The minimum Gasteiger partial charge on any atom is -0.424 e. The number of aliphatic hydroxyl groups is 6. The molecule has 1 saturated carbocycles. The molecule has 0 spiro atoms. The molecule has 2 rings (SSSR count). The molecule has 8 N–H and O–H groups in total. The van der Waals surface area contributed by atoms with E-state index in [1.165, 1.54) is 24.3 Å². The van der Waals surface area contributed by atoms with Crippen molar-refractivity contribution in [3.63, 3.8) is 0 Å². The van der Waals surface area contributed by atoms with Crippen molar-refractivity contribution in [1.82, 2.24) is 0 Å². The topological polar surface area (TPSA) is 174 Å². The Labute approximate surface area is 124 Å². The fourth-order valence-electron chi connectivity index (χ4n) is 2.19. The van der Waals surface area contributed by atoms with Crippen molar-refractivity contribution in [3.8, 4) is 0 Å². The van der Waals surface area contributed by atoms with Crippen molar-refractivity contribution in [2.75, 3.05) is 5.73 Å². The zero-order valence-electron chi connectivity index (χ0n) is 11.3. The molecule has 1 aromatic carbocycles. The molecule has 1 aliphatic carbocycles. The SMILES string of the molecule is Nc1ccc(C(=O)O[C@]2(O)[C@H](O)[C@H](O)[C@@H](O)[C@H](O)[C@H]2O)cc1. The molecule has 0 saturated heterocycles. The van der Waals surface area contributed by atoms with Gasteiger partial charge in [-0.2, -0.15) is 0 Å². The predicted molar refractivity (Wildman–Crippen MR) is 71.3 cm³/mol.